The van der Waals surface area contributed by atoms with Crippen LogP contribution in [0, 0.1) is 0 Å². The molecule has 1 unspecified atom stereocenters. The molecule has 0 aliphatic carbocycles. The Balaban J connectivity index is 1.95. The second-order valence-corrected chi connectivity index (χ2v) is 7.74. The Kier molecular flexibility index (Phi) is 4.05. The van der Waals surface area contributed by atoms with Crippen molar-refractivity contribution in [2.24, 2.45) is 0 Å². The molecular formula is C13H10BrCl2N3OS. The van der Waals surface area contributed by atoms with Crippen molar-refractivity contribution in [1.29, 1.82) is 0 Å². The molecule has 0 saturated carbocycles. The predicted molar refractivity (Wildman–Crippen MR) is 93.0 cm³/mol. The highest BCUT2D eigenvalue weighted by Gasteiger charge is 2.15. The van der Waals surface area contributed by atoms with E-state index in [9.17, 15) is 4.79 Å². The van der Waals surface area contributed by atoms with Gasteiger partial charge in [0.05, 0.1) is 31.4 Å². The standard InChI is InChI=1S/C13H10BrCl2N3OS/c1-5(6-2-11(15)21-12(6)16)17-8-4-10-9(3-7(8)14)18-13(20)19-10/h2-5,17H,1H3,(H2,18,19,20). The van der Waals surface area contributed by atoms with Gasteiger partial charge in [0.25, 0.3) is 0 Å². The average molecular weight is 407 g/mol. The van der Waals surface area contributed by atoms with Crippen molar-refractivity contribution in [3.8, 4) is 0 Å². The van der Waals surface area contributed by atoms with Gasteiger partial charge in [-0.3, -0.25) is 0 Å². The number of benzene rings is 1. The Morgan fingerprint density at radius 2 is 1.90 bits per heavy atom. The summed E-state index contributed by atoms with van der Waals surface area (Å²) < 4.78 is 2.19. The molecule has 110 valence electrons. The highest BCUT2D eigenvalue weighted by Crippen LogP contribution is 2.37. The number of nitrogens with one attached hydrogen (secondary N) is 3. The molecule has 1 aromatic carbocycles. The molecule has 3 rings (SSSR count). The normalized spacial score (nSPS) is 12.8. The molecule has 4 nitrogen and oxygen atoms in total. The van der Waals surface area contributed by atoms with Crippen LogP contribution in [-0.4, -0.2) is 9.97 Å². The summed E-state index contributed by atoms with van der Waals surface area (Å²) in [5.41, 5.74) is 3.08. The molecule has 0 saturated heterocycles. The monoisotopic (exact) mass is 405 g/mol. The maximum Gasteiger partial charge on any atom is 0.323 e. The van der Waals surface area contributed by atoms with Gasteiger partial charge in [-0.05, 0) is 41.1 Å². The van der Waals surface area contributed by atoms with Crippen molar-refractivity contribution in [2.45, 2.75) is 13.0 Å². The highest BCUT2D eigenvalue weighted by molar-refractivity contribution is 9.10. The van der Waals surface area contributed by atoms with E-state index in [1.165, 1.54) is 11.3 Å². The largest absolute Gasteiger partial charge is 0.377 e. The summed E-state index contributed by atoms with van der Waals surface area (Å²) in [7, 11) is 0. The molecule has 3 aromatic rings. The molecule has 0 amide bonds. The molecule has 2 heterocycles. The van der Waals surface area contributed by atoms with E-state index in [-0.39, 0.29) is 11.7 Å². The Labute approximate surface area is 142 Å². The Hall–Kier alpha value is -0.950. The van der Waals surface area contributed by atoms with Crippen molar-refractivity contribution in [3.63, 3.8) is 0 Å². The van der Waals surface area contributed by atoms with Gasteiger partial charge in [0.1, 0.15) is 0 Å². The first-order valence-electron chi connectivity index (χ1n) is 6.07. The fourth-order valence-electron chi connectivity index (χ4n) is 2.13. The molecule has 2 aromatic heterocycles. The lowest BCUT2D eigenvalue weighted by molar-refractivity contribution is 0.890. The van der Waals surface area contributed by atoms with Crippen molar-refractivity contribution < 1.29 is 0 Å². The number of hydrogen-bond acceptors (Lipinski definition) is 3. The number of aromatic amines is 2. The van der Waals surface area contributed by atoms with E-state index in [2.05, 4.69) is 31.2 Å². The number of imidazole rings is 1. The molecule has 1 atom stereocenters. The van der Waals surface area contributed by atoms with Crippen LogP contribution in [0.1, 0.15) is 18.5 Å². The lowest BCUT2D eigenvalue weighted by atomic mass is 10.1. The number of fused-ring (bicyclic) bond motifs is 1. The number of hydrogen-bond donors (Lipinski definition) is 3. The minimum absolute atomic E-state index is 0.0133. The Morgan fingerprint density at radius 1 is 1.24 bits per heavy atom. The first-order valence-corrected chi connectivity index (χ1v) is 8.43. The van der Waals surface area contributed by atoms with Crippen LogP contribution < -0.4 is 11.0 Å². The highest BCUT2D eigenvalue weighted by atomic mass is 79.9. The summed E-state index contributed by atoms with van der Waals surface area (Å²) in [6.07, 6.45) is 0. The fourth-order valence-corrected chi connectivity index (χ4v) is 4.23. The van der Waals surface area contributed by atoms with Gasteiger partial charge in [-0.15, -0.1) is 11.3 Å². The van der Waals surface area contributed by atoms with Crippen LogP contribution in [0.15, 0.2) is 27.5 Å². The van der Waals surface area contributed by atoms with Crippen molar-refractivity contribution >= 4 is 67.2 Å². The molecule has 0 bridgehead atoms. The quantitative estimate of drug-likeness (QED) is 0.562. The molecule has 8 heteroatoms. The first kappa shape index (κ1) is 15.0. The zero-order valence-electron chi connectivity index (χ0n) is 10.8. The van der Waals surface area contributed by atoms with E-state index in [4.69, 9.17) is 23.2 Å². The third-order valence-electron chi connectivity index (χ3n) is 3.13. The molecular weight excluding hydrogens is 397 g/mol. The van der Waals surface area contributed by atoms with E-state index in [0.717, 1.165) is 26.8 Å². The van der Waals surface area contributed by atoms with Crippen LogP contribution in [-0.2, 0) is 0 Å². The number of anilines is 1. The number of aromatic nitrogens is 2. The zero-order valence-corrected chi connectivity index (χ0v) is 14.7. The van der Waals surface area contributed by atoms with Gasteiger partial charge in [-0.1, -0.05) is 23.2 Å². The molecule has 0 radical (unpaired) electrons. The van der Waals surface area contributed by atoms with Crippen molar-refractivity contribution in [1.82, 2.24) is 9.97 Å². The maximum absolute atomic E-state index is 11.3. The third-order valence-corrected chi connectivity index (χ3v) is 5.30. The predicted octanol–water partition coefficient (Wildman–Crippen LogP) is 5.16. The van der Waals surface area contributed by atoms with Crippen LogP contribution in [0.25, 0.3) is 11.0 Å². The van der Waals surface area contributed by atoms with E-state index in [0.29, 0.717) is 8.67 Å². The molecule has 0 aliphatic heterocycles. The molecule has 0 fully saturated rings. The number of thiophene rings is 1. The first-order chi connectivity index (χ1) is 9.94. The molecule has 21 heavy (non-hydrogen) atoms. The Morgan fingerprint density at radius 3 is 2.52 bits per heavy atom. The summed E-state index contributed by atoms with van der Waals surface area (Å²) in [5.74, 6) is 0. The summed E-state index contributed by atoms with van der Waals surface area (Å²) in [6, 6.07) is 5.57. The molecule has 0 aliphatic rings. The summed E-state index contributed by atoms with van der Waals surface area (Å²) in [6.45, 7) is 2.00. The van der Waals surface area contributed by atoms with E-state index in [1.54, 1.807) is 0 Å². The van der Waals surface area contributed by atoms with Crippen LogP contribution >= 0.6 is 50.5 Å². The summed E-state index contributed by atoms with van der Waals surface area (Å²) in [4.78, 5) is 16.8. The lowest BCUT2D eigenvalue weighted by Gasteiger charge is -2.16. The maximum atomic E-state index is 11.3. The van der Waals surface area contributed by atoms with Gasteiger partial charge in [-0.2, -0.15) is 0 Å². The SMILES string of the molecule is CC(Nc1cc2[nH]c(=O)[nH]c2cc1Br)c1cc(Cl)sc1Cl. The smallest absolute Gasteiger partial charge is 0.323 e. The number of H-pyrrole nitrogens is 2. The zero-order chi connectivity index (χ0) is 15.1. The van der Waals surface area contributed by atoms with Gasteiger partial charge in [0.15, 0.2) is 0 Å². The minimum Gasteiger partial charge on any atom is -0.377 e. The topological polar surface area (TPSA) is 60.7 Å². The van der Waals surface area contributed by atoms with Gasteiger partial charge >= 0.3 is 5.69 Å². The molecule has 0 spiro atoms. The second kappa shape index (κ2) is 5.68. The van der Waals surface area contributed by atoms with Crippen LogP contribution in [0.3, 0.4) is 0 Å². The van der Waals surface area contributed by atoms with Crippen molar-refractivity contribution in [2.75, 3.05) is 5.32 Å². The number of rotatable bonds is 3. The molecule has 3 N–H and O–H groups in total. The fraction of sp³-hybridized carbons (Fsp3) is 0.154. The van der Waals surface area contributed by atoms with E-state index >= 15 is 0 Å². The Bertz CT molecular complexity index is 870. The average Bonchev–Trinajstić information content (AvgIpc) is 2.91. The van der Waals surface area contributed by atoms with Gasteiger partial charge in [0.2, 0.25) is 0 Å². The van der Waals surface area contributed by atoms with Gasteiger partial charge in [-0.25, -0.2) is 4.79 Å². The van der Waals surface area contributed by atoms with Crippen molar-refractivity contribution in [3.05, 3.63) is 47.4 Å². The summed E-state index contributed by atoms with van der Waals surface area (Å²) >= 11 is 17.0. The van der Waals surface area contributed by atoms with Crippen LogP contribution in [0.5, 0.6) is 0 Å². The minimum atomic E-state index is -0.227. The second-order valence-electron chi connectivity index (χ2n) is 4.60. The van der Waals surface area contributed by atoms with Crippen LogP contribution in [0.2, 0.25) is 8.67 Å². The van der Waals surface area contributed by atoms with E-state index < -0.39 is 0 Å². The van der Waals surface area contributed by atoms with Crippen LogP contribution in [0.4, 0.5) is 5.69 Å². The van der Waals surface area contributed by atoms with E-state index in [1.807, 2.05) is 25.1 Å². The van der Waals surface area contributed by atoms with Gasteiger partial charge < -0.3 is 15.3 Å². The van der Waals surface area contributed by atoms with Gasteiger partial charge in [0, 0.05) is 10.0 Å². The summed E-state index contributed by atoms with van der Waals surface area (Å²) in [5, 5.41) is 3.36. The number of halogens is 3. The lowest BCUT2D eigenvalue weighted by Crippen LogP contribution is -2.06. The third kappa shape index (κ3) is 2.99.